The maximum absolute atomic E-state index is 16.1. The summed E-state index contributed by atoms with van der Waals surface area (Å²) in [5.74, 6) is -7.07. The fraction of sp³-hybridized carbons (Fsp3) is 0.0196. The Morgan fingerprint density at radius 2 is 0.491 bits per heavy atom. The second-order valence-corrected chi connectivity index (χ2v) is 28.2. The second kappa shape index (κ2) is 29.1. The van der Waals surface area contributed by atoms with Gasteiger partial charge in [0.25, 0.3) is 0 Å². The van der Waals surface area contributed by atoms with Crippen LogP contribution in [0.4, 0.5) is 69.2 Å². The highest BCUT2D eigenvalue weighted by atomic mass is 19.2. The Kier molecular flexibility index (Phi) is 18.2. The van der Waals surface area contributed by atoms with Crippen LogP contribution in [-0.4, -0.2) is 0 Å². The molecule has 16 aromatic rings. The zero-order valence-corrected chi connectivity index (χ0v) is 60.8. The van der Waals surface area contributed by atoms with Crippen LogP contribution in [0.2, 0.25) is 0 Å². The molecule has 0 fully saturated rings. The van der Waals surface area contributed by atoms with E-state index < -0.39 is 45.7 Å². The van der Waals surface area contributed by atoms with E-state index in [-0.39, 0.29) is 22.8 Å². The molecule has 4 nitrogen and oxygen atoms in total. The first-order chi connectivity index (χ1) is 55.6. The van der Waals surface area contributed by atoms with E-state index in [2.05, 4.69) is 23.0 Å². The molecule has 12 heteroatoms. The number of nitrogens with zero attached hydrogens (tertiary/aromatic N) is 2. The van der Waals surface area contributed by atoms with Crippen molar-refractivity contribution in [1.29, 1.82) is 0 Å². The van der Waals surface area contributed by atoms with Crippen LogP contribution in [0.15, 0.2) is 365 Å². The Bertz CT molecular complexity index is 5940. The third-order valence-corrected chi connectivity index (χ3v) is 21.9. The van der Waals surface area contributed by atoms with Crippen molar-refractivity contribution in [1.82, 2.24) is 0 Å². The standard InChI is InChI=1S/C102H64F8N2O2/c1-3-63-13-47-83(48-14-63)113-85-51-29-71(30-52-85)101(73-57-95(105)99(109)96(106)58-73)91-11-7-5-9-87(91)89-55-45-81(61-93(89)101)111(77-37-21-67(22-38-77)65-17-33-75(103)34-18-65)79-41-25-69(26-42-79)70-27-43-80(44-28-70)112(78-39-23-68(24-40-78)66-19-35-76(104)36-20-66)82-46-56-90-88-10-6-8-12-92(88)102(94(90)62-82,74-59-97(107)100(110)98(108)60-74)72-31-53-86(54-32-72)114-84-49-15-64(4-2)16-50-84/h3-62H,1-2H2. The molecule has 0 radical (unpaired) electrons. The first-order valence-corrected chi connectivity index (χ1v) is 37.0. The van der Waals surface area contributed by atoms with E-state index in [4.69, 9.17) is 9.47 Å². The number of anilines is 6. The molecule has 0 saturated carbocycles. The van der Waals surface area contributed by atoms with Crippen molar-refractivity contribution in [2.45, 2.75) is 10.8 Å². The number of hydrogen-bond donors (Lipinski definition) is 0. The summed E-state index contributed by atoms with van der Waals surface area (Å²) in [5.41, 5.74) is 15.9. The van der Waals surface area contributed by atoms with E-state index in [0.29, 0.717) is 56.6 Å². The molecule has 18 rings (SSSR count). The molecule has 0 heterocycles. The van der Waals surface area contributed by atoms with Crippen molar-refractivity contribution in [2.24, 2.45) is 0 Å². The summed E-state index contributed by atoms with van der Waals surface area (Å²) in [6.45, 7) is 7.73. The van der Waals surface area contributed by atoms with Gasteiger partial charge in [-0.3, -0.25) is 0 Å². The van der Waals surface area contributed by atoms with Crippen molar-refractivity contribution < 1.29 is 44.6 Å². The molecule has 0 aliphatic heterocycles. The van der Waals surface area contributed by atoms with Gasteiger partial charge in [0, 0.05) is 34.1 Å². The average Bonchev–Trinajstić information content (AvgIpc) is 1.53. The van der Waals surface area contributed by atoms with Crippen LogP contribution in [0.1, 0.15) is 55.6 Å². The lowest BCUT2D eigenvalue weighted by molar-refractivity contribution is 0.443. The van der Waals surface area contributed by atoms with Crippen LogP contribution in [0.25, 0.3) is 67.8 Å². The maximum Gasteiger partial charge on any atom is 0.194 e. The molecule has 550 valence electrons. The van der Waals surface area contributed by atoms with Crippen molar-refractivity contribution >= 4 is 46.3 Å². The Labute approximate surface area is 653 Å². The van der Waals surface area contributed by atoms with Gasteiger partial charge in [-0.05, 0) is 281 Å². The van der Waals surface area contributed by atoms with Crippen molar-refractivity contribution in [3.05, 3.63) is 467 Å². The van der Waals surface area contributed by atoms with Gasteiger partial charge < -0.3 is 19.3 Å². The number of fused-ring (bicyclic) bond motifs is 6. The van der Waals surface area contributed by atoms with Crippen LogP contribution >= 0.6 is 0 Å². The number of hydrogen-bond acceptors (Lipinski definition) is 4. The summed E-state index contributed by atoms with van der Waals surface area (Å²) in [6, 6.07) is 106. The molecule has 0 saturated heterocycles. The highest BCUT2D eigenvalue weighted by Gasteiger charge is 2.49. The predicted octanol–water partition coefficient (Wildman–Crippen LogP) is 28.3. The molecule has 0 amide bonds. The number of rotatable bonds is 19. The van der Waals surface area contributed by atoms with E-state index in [1.165, 1.54) is 24.3 Å². The van der Waals surface area contributed by atoms with Gasteiger partial charge in [0.2, 0.25) is 0 Å². The van der Waals surface area contributed by atoms with E-state index in [1.54, 1.807) is 36.4 Å². The summed E-state index contributed by atoms with van der Waals surface area (Å²) >= 11 is 0. The Morgan fingerprint density at radius 3 is 0.781 bits per heavy atom. The number of halogens is 8. The normalized spacial score (nSPS) is 14.3. The first-order valence-electron chi connectivity index (χ1n) is 37.0. The molecule has 0 aromatic heterocycles. The second-order valence-electron chi connectivity index (χ2n) is 28.2. The smallest absolute Gasteiger partial charge is 0.194 e. The Hall–Kier alpha value is -14.4. The van der Waals surface area contributed by atoms with E-state index in [9.17, 15) is 8.78 Å². The predicted molar refractivity (Wildman–Crippen MR) is 440 cm³/mol. The Morgan fingerprint density at radius 1 is 0.237 bits per heavy atom. The van der Waals surface area contributed by atoms with Gasteiger partial charge in [-0.2, -0.15) is 0 Å². The number of ether oxygens (including phenoxy) is 2. The lowest BCUT2D eigenvalue weighted by atomic mass is 9.67. The number of benzene rings is 16. The lowest BCUT2D eigenvalue weighted by Gasteiger charge is -2.35. The molecule has 2 aliphatic carbocycles. The fourth-order valence-corrected chi connectivity index (χ4v) is 16.5. The highest BCUT2D eigenvalue weighted by molar-refractivity contribution is 5.93. The molecule has 0 N–H and O–H groups in total. The Balaban J connectivity index is 0.749. The van der Waals surface area contributed by atoms with Crippen LogP contribution in [0.3, 0.4) is 0 Å². The summed E-state index contributed by atoms with van der Waals surface area (Å²) in [6.07, 6.45) is 3.48. The minimum Gasteiger partial charge on any atom is -0.457 e. The average molecular weight is 1500 g/mol. The minimum atomic E-state index is -1.59. The van der Waals surface area contributed by atoms with E-state index >= 15 is 26.3 Å². The SMILES string of the molecule is C=Cc1ccc(Oc2ccc(C3(c4cc(F)c(F)c(F)c4)c4ccccc4-c4ccc(N(c5ccc(-c6ccc(F)cc6)cc5)c5ccc(-c6ccc(N(c7ccc(-c8ccc(F)cc8)cc7)c7ccc8c(c7)C(c7ccc(Oc9ccc(C=C)cc9)cc7)(c7cc(F)c(F)c(F)c7)c7ccccc7-8)cc6)cc5)cc43)cc2)cc1. The summed E-state index contributed by atoms with van der Waals surface area (Å²) in [4.78, 5) is 4.19. The van der Waals surface area contributed by atoms with E-state index in [1.807, 2.05) is 279 Å². The van der Waals surface area contributed by atoms with E-state index in [0.717, 1.165) is 125 Å². The molecule has 2 aliphatic rings. The largest absolute Gasteiger partial charge is 0.457 e. The topological polar surface area (TPSA) is 24.9 Å². The van der Waals surface area contributed by atoms with Crippen LogP contribution in [-0.2, 0) is 10.8 Å². The highest BCUT2D eigenvalue weighted by Crippen LogP contribution is 2.60. The molecule has 0 bridgehead atoms. The summed E-state index contributed by atoms with van der Waals surface area (Å²) in [5, 5.41) is 0. The third-order valence-electron chi connectivity index (χ3n) is 21.9. The van der Waals surface area contributed by atoms with Crippen molar-refractivity contribution in [3.8, 4) is 78.6 Å². The minimum absolute atomic E-state index is 0.165. The van der Waals surface area contributed by atoms with Gasteiger partial charge in [0.1, 0.15) is 34.6 Å². The van der Waals surface area contributed by atoms with Crippen LogP contribution in [0, 0.1) is 46.5 Å². The quantitative estimate of drug-likeness (QED) is 0.0595. The molecule has 16 aromatic carbocycles. The lowest BCUT2D eigenvalue weighted by Crippen LogP contribution is -2.29. The third kappa shape index (κ3) is 12.5. The van der Waals surface area contributed by atoms with Gasteiger partial charge in [0.05, 0.1) is 10.8 Å². The van der Waals surface area contributed by atoms with Gasteiger partial charge in [-0.1, -0.05) is 207 Å². The summed E-state index contributed by atoms with van der Waals surface area (Å²) < 4.78 is 136. The molecule has 2 unspecified atom stereocenters. The zero-order chi connectivity index (χ0) is 77.9. The maximum atomic E-state index is 16.1. The van der Waals surface area contributed by atoms with Crippen molar-refractivity contribution in [3.63, 3.8) is 0 Å². The summed E-state index contributed by atoms with van der Waals surface area (Å²) in [7, 11) is 0. The van der Waals surface area contributed by atoms with Crippen molar-refractivity contribution in [2.75, 3.05) is 9.80 Å². The molecular formula is C102H64F8N2O2. The molecule has 2 atom stereocenters. The van der Waals surface area contributed by atoms with Crippen LogP contribution in [0.5, 0.6) is 23.0 Å². The molecular weight excluding hydrogens is 1440 g/mol. The monoisotopic (exact) mass is 1500 g/mol. The molecule has 114 heavy (non-hydrogen) atoms. The van der Waals surface area contributed by atoms with Gasteiger partial charge in [-0.15, -0.1) is 0 Å². The fourth-order valence-electron chi connectivity index (χ4n) is 16.5. The van der Waals surface area contributed by atoms with Crippen LogP contribution < -0.4 is 19.3 Å². The molecule has 0 spiro atoms. The van der Waals surface area contributed by atoms with Gasteiger partial charge in [0.15, 0.2) is 34.9 Å². The van der Waals surface area contributed by atoms with Gasteiger partial charge in [-0.25, -0.2) is 35.1 Å². The zero-order valence-electron chi connectivity index (χ0n) is 60.8. The first kappa shape index (κ1) is 71.3. The van der Waals surface area contributed by atoms with Gasteiger partial charge >= 0.3 is 0 Å².